The minimum Gasteiger partial charge on any atom is -0.407 e. The molecule has 1 aliphatic rings. The third-order valence-electron chi connectivity index (χ3n) is 3.80. The van der Waals surface area contributed by atoms with Crippen LogP contribution in [-0.2, 0) is 14.0 Å². The molecule has 1 heterocycles. The van der Waals surface area contributed by atoms with Gasteiger partial charge in [-0.05, 0) is 28.7 Å². The summed E-state index contributed by atoms with van der Waals surface area (Å²) in [5, 5.41) is 0.125. The Morgan fingerprint density at radius 1 is 1.13 bits per heavy atom. The van der Waals surface area contributed by atoms with Gasteiger partial charge in [-0.15, -0.1) is 0 Å². The van der Waals surface area contributed by atoms with Crippen LogP contribution in [0.4, 0.5) is 4.39 Å². The number of methoxy groups -OCH3 is 1. The third kappa shape index (κ3) is 3.93. The molecule has 0 bridgehead atoms. The molecule has 0 amide bonds. The van der Waals surface area contributed by atoms with Crippen LogP contribution in [0.1, 0.15) is 0 Å². The average Bonchev–Trinajstić information content (AvgIpc) is 2.59. The summed E-state index contributed by atoms with van der Waals surface area (Å²) in [5.74, 6) is -0.149. The summed E-state index contributed by atoms with van der Waals surface area (Å²) in [6, 6.07) is 12.5. The van der Waals surface area contributed by atoms with Crippen LogP contribution in [-0.4, -0.2) is 34.0 Å². The maximum Gasteiger partial charge on any atom is 0.493 e. The molecule has 3 nitrogen and oxygen atoms in total. The Labute approximate surface area is 140 Å². The fourth-order valence-corrected chi connectivity index (χ4v) is 2.69. The number of benzene rings is 2. The Bertz CT molecular complexity index is 657. The maximum atomic E-state index is 13.6. The van der Waals surface area contributed by atoms with Gasteiger partial charge in [-0.2, -0.15) is 0 Å². The zero-order valence-electron chi connectivity index (χ0n) is 12.8. The van der Waals surface area contributed by atoms with Crippen LogP contribution >= 0.6 is 11.6 Å². The summed E-state index contributed by atoms with van der Waals surface area (Å²) in [5.41, 5.74) is 2.64. The van der Waals surface area contributed by atoms with Crippen molar-refractivity contribution in [2.75, 3.05) is 26.9 Å². The monoisotopic (exact) mass is 334 g/mol. The molecule has 0 aromatic heterocycles. The highest BCUT2D eigenvalue weighted by molar-refractivity contribution is 6.61. The third-order valence-corrected chi connectivity index (χ3v) is 4.11. The Morgan fingerprint density at radius 2 is 1.78 bits per heavy atom. The Hall–Kier alpha value is -1.40. The molecule has 1 saturated heterocycles. The van der Waals surface area contributed by atoms with E-state index in [1.807, 2.05) is 24.3 Å². The summed E-state index contributed by atoms with van der Waals surface area (Å²) in [7, 11) is 1.31. The van der Waals surface area contributed by atoms with Crippen molar-refractivity contribution in [2.24, 2.45) is 5.92 Å². The average molecular weight is 335 g/mol. The van der Waals surface area contributed by atoms with E-state index in [0.717, 1.165) is 16.6 Å². The normalized spacial score (nSPS) is 15.9. The van der Waals surface area contributed by atoms with Gasteiger partial charge in [0.15, 0.2) is 0 Å². The predicted molar refractivity (Wildman–Crippen MR) is 89.5 cm³/mol. The Kier molecular flexibility index (Phi) is 5.33. The number of halogens is 2. The zero-order valence-corrected chi connectivity index (χ0v) is 13.6. The highest BCUT2D eigenvalue weighted by Crippen LogP contribution is 2.23. The molecule has 23 heavy (non-hydrogen) atoms. The molecular weight excluding hydrogens is 317 g/mol. The van der Waals surface area contributed by atoms with Gasteiger partial charge >= 0.3 is 7.12 Å². The van der Waals surface area contributed by atoms with E-state index in [-0.39, 0.29) is 18.1 Å². The van der Waals surface area contributed by atoms with E-state index >= 15 is 0 Å². The van der Waals surface area contributed by atoms with Gasteiger partial charge in [0.1, 0.15) is 5.82 Å². The van der Waals surface area contributed by atoms with Gasteiger partial charge < -0.3 is 14.0 Å². The largest absolute Gasteiger partial charge is 0.493 e. The van der Waals surface area contributed by atoms with E-state index in [1.165, 1.54) is 6.07 Å². The zero-order chi connectivity index (χ0) is 16.2. The first kappa shape index (κ1) is 16.5. The highest BCUT2D eigenvalue weighted by Gasteiger charge is 2.29. The number of ether oxygens (including phenoxy) is 1. The molecule has 0 atom stereocenters. The van der Waals surface area contributed by atoms with E-state index < -0.39 is 5.82 Å². The Balaban J connectivity index is 1.69. The van der Waals surface area contributed by atoms with Gasteiger partial charge in [0.05, 0.1) is 11.6 Å². The van der Waals surface area contributed by atoms with E-state index in [4.69, 9.17) is 25.6 Å². The van der Waals surface area contributed by atoms with Crippen LogP contribution in [0, 0.1) is 11.7 Å². The van der Waals surface area contributed by atoms with Crippen LogP contribution in [0.25, 0.3) is 11.1 Å². The summed E-state index contributed by atoms with van der Waals surface area (Å²) < 4.78 is 30.1. The standard InChI is InChI=1S/C17H17BClFO3/c1-21-9-12-10-22-18(23-11-12)15-5-2-13(3-6-15)14-4-7-16(19)17(20)8-14/h2-8,12H,9-11H2,1H3. The van der Waals surface area contributed by atoms with Gasteiger partial charge in [0.2, 0.25) is 0 Å². The van der Waals surface area contributed by atoms with Crippen molar-refractivity contribution in [3.8, 4) is 11.1 Å². The van der Waals surface area contributed by atoms with Crippen molar-refractivity contribution in [1.29, 1.82) is 0 Å². The molecule has 0 saturated carbocycles. The van der Waals surface area contributed by atoms with Crippen LogP contribution in [0.15, 0.2) is 42.5 Å². The van der Waals surface area contributed by atoms with Crippen LogP contribution in [0.2, 0.25) is 5.02 Å². The number of hydrogen-bond donors (Lipinski definition) is 0. The second-order valence-electron chi connectivity index (χ2n) is 5.57. The van der Waals surface area contributed by atoms with E-state index in [9.17, 15) is 4.39 Å². The van der Waals surface area contributed by atoms with Gasteiger partial charge in [-0.1, -0.05) is 41.9 Å². The van der Waals surface area contributed by atoms with Gasteiger partial charge in [-0.3, -0.25) is 0 Å². The molecule has 1 aliphatic heterocycles. The fraction of sp³-hybridized carbons (Fsp3) is 0.294. The first-order valence-corrected chi connectivity index (χ1v) is 7.82. The molecule has 2 aromatic rings. The predicted octanol–water partition coefficient (Wildman–Crippen LogP) is 3.15. The maximum absolute atomic E-state index is 13.6. The lowest BCUT2D eigenvalue weighted by Gasteiger charge is -2.27. The van der Waals surface area contributed by atoms with E-state index in [2.05, 4.69) is 0 Å². The first-order chi connectivity index (χ1) is 11.2. The lowest BCUT2D eigenvalue weighted by atomic mass is 9.77. The SMILES string of the molecule is COCC1COB(c2ccc(-c3ccc(Cl)c(F)c3)cc2)OC1. The lowest BCUT2D eigenvalue weighted by Crippen LogP contribution is -2.45. The molecule has 0 aliphatic carbocycles. The second-order valence-corrected chi connectivity index (χ2v) is 5.98. The molecule has 6 heteroatoms. The van der Waals surface area contributed by atoms with E-state index in [1.54, 1.807) is 19.2 Å². The summed E-state index contributed by atoms with van der Waals surface area (Å²) in [6.45, 7) is 1.86. The van der Waals surface area contributed by atoms with Crippen LogP contribution in [0.5, 0.6) is 0 Å². The van der Waals surface area contributed by atoms with Crippen LogP contribution < -0.4 is 5.46 Å². The minimum absolute atomic E-state index is 0.125. The minimum atomic E-state index is -0.420. The molecular formula is C17H17BClFO3. The highest BCUT2D eigenvalue weighted by atomic mass is 35.5. The van der Waals surface area contributed by atoms with Crippen molar-refractivity contribution in [2.45, 2.75) is 0 Å². The molecule has 0 N–H and O–H groups in total. The van der Waals surface area contributed by atoms with Crippen molar-refractivity contribution in [3.05, 3.63) is 53.3 Å². The van der Waals surface area contributed by atoms with Crippen molar-refractivity contribution < 1.29 is 18.4 Å². The molecule has 1 fully saturated rings. The molecule has 0 spiro atoms. The summed E-state index contributed by atoms with van der Waals surface area (Å²) in [4.78, 5) is 0. The molecule has 0 radical (unpaired) electrons. The number of hydrogen-bond acceptors (Lipinski definition) is 3. The quantitative estimate of drug-likeness (QED) is 0.804. The van der Waals surface area contributed by atoms with Crippen LogP contribution in [0.3, 0.4) is 0 Å². The molecule has 120 valence electrons. The molecule has 0 unspecified atom stereocenters. The second kappa shape index (κ2) is 7.45. The summed E-state index contributed by atoms with van der Waals surface area (Å²) >= 11 is 5.71. The number of rotatable bonds is 4. The topological polar surface area (TPSA) is 27.7 Å². The van der Waals surface area contributed by atoms with Gasteiger partial charge in [0, 0.05) is 26.2 Å². The van der Waals surface area contributed by atoms with Crippen molar-refractivity contribution in [1.82, 2.24) is 0 Å². The van der Waals surface area contributed by atoms with Crippen molar-refractivity contribution in [3.63, 3.8) is 0 Å². The smallest absolute Gasteiger partial charge is 0.407 e. The molecule has 3 rings (SSSR count). The fourth-order valence-electron chi connectivity index (χ4n) is 2.58. The molecule has 2 aromatic carbocycles. The first-order valence-electron chi connectivity index (χ1n) is 7.45. The Morgan fingerprint density at radius 3 is 2.39 bits per heavy atom. The van der Waals surface area contributed by atoms with E-state index in [0.29, 0.717) is 19.8 Å². The summed E-state index contributed by atoms with van der Waals surface area (Å²) in [6.07, 6.45) is 0. The van der Waals surface area contributed by atoms with Gasteiger partial charge in [-0.25, -0.2) is 4.39 Å². The van der Waals surface area contributed by atoms with Gasteiger partial charge in [0.25, 0.3) is 0 Å². The van der Waals surface area contributed by atoms with Crippen molar-refractivity contribution >= 4 is 24.2 Å². The lowest BCUT2D eigenvalue weighted by molar-refractivity contribution is 0.0364.